The van der Waals surface area contributed by atoms with Crippen molar-refractivity contribution in [2.75, 3.05) is 7.11 Å². The minimum atomic E-state index is -5.05. The fourth-order valence-corrected chi connectivity index (χ4v) is 3.64. The van der Waals surface area contributed by atoms with Crippen LogP contribution in [0, 0.1) is 11.8 Å². The van der Waals surface area contributed by atoms with Crippen LogP contribution < -0.4 is 0 Å². The first-order chi connectivity index (χ1) is 14.7. The molecule has 168 valence electrons. The Kier molecular flexibility index (Phi) is 8.39. The van der Waals surface area contributed by atoms with Crippen LogP contribution in [0.1, 0.15) is 32.3 Å². The number of esters is 1. The Morgan fingerprint density at radius 2 is 1.74 bits per heavy atom. The highest BCUT2D eigenvalue weighted by atomic mass is 19.4. The van der Waals surface area contributed by atoms with Crippen LogP contribution in [0.2, 0.25) is 0 Å². The quantitative estimate of drug-likeness (QED) is 0.430. The van der Waals surface area contributed by atoms with Gasteiger partial charge in [-0.15, -0.1) is 0 Å². The molecule has 0 radical (unpaired) electrons. The molecule has 1 aromatic rings. The van der Waals surface area contributed by atoms with Gasteiger partial charge in [-0.3, -0.25) is 4.79 Å². The first-order valence-corrected chi connectivity index (χ1v) is 10.0. The Hall–Kier alpha value is -2.67. The van der Waals surface area contributed by atoms with E-state index in [-0.39, 0.29) is 36.0 Å². The molecule has 4 nitrogen and oxygen atoms in total. The number of Topliss-reactive ketones (excluding diaryl/α,β-unsaturated/α-hetero) is 1. The van der Waals surface area contributed by atoms with E-state index in [1.54, 1.807) is 19.1 Å². The molecular weight excluding hydrogens is 409 g/mol. The molecule has 0 unspecified atom stereocenters. The maximum Gasteiger partial charge on any atom is 0.432 e. The predicted octanol–water partition coefficient (Wildman–Crippen LogP) is 5.31. The molecule has 31 heavy (non-hydrogen) atoms. The van der Waals surface area contributed by atoms with E-state index in [2.05, 4.69) is 0 Å². The summed E-state index contributed by atoms with van der Waals surface area (Å²) in [5, 5.41) is 0. The normalized spacial score (nSPS) is 24.7. The minimum Gasteiger partial charge on any atom is -0.459 e. The van der Waals surface area contributed by atoms with E-state index in [9.17, 15) is 22.8 Å². The molecule has 0 spiro atoms. The SMILES string of the molecule is C/C=C/C=C/C=C/[C@H]1C[C@@H](OC(=O)[C@](OC)(c2ccccc2)C(F)(F)F)CC(=O)[C@@H]1C. The van der Waals surface area contributed by atoms with Gasteiger partial charge in [0.05, 0.1) is 0 Å². The molecule has 1 fully saturated rings. The number of allylic oxidation sites excluding steroid dienone is 6. The van der Waals surface area contributed by atoms with E-state index in [0.29, 0.717) is 0 Å². The predicted molar refractivity (Wildman–Crippen MR) is 111 cm³/mol. The lowest BCUT2D eigenvalue weighted by molar-refractivity contribution is -0.278. The maximum atomic E-state index is 14.0. The molecule has 0 heterocycles. The van der Waals surface area contributed by atoms with Gasteiger partial charge < -0.3 is 9.47 Å². The van der Waals surface area contributed by atoms with E-state index in [1.807, 2.05) is 31.2 Å². The Balaban J connectivity index is 2.26. The zero-order valence-electron chi connectivity index (χ0n) is 17.8. The van der Waals surface area contributed by atoms with Gasteiger partial charge in [-0.1, -0.05) is 73.7 Å². The van der Waals surface area contributed by atoms with Gasteiger partial charge in [-0.2, -0.15) is 13.2 Å². The molecule has 1 aliphatic rings. The molecule has 0 aliphatic heterocycles. The molecule has 0 aromatic heterocycles. The number of rotatable bonds is 7. The number of alkyl halides is 3. The zero-order valence-corrected chi connectivity index (χ0v) is 17.8. The first kappa shape index (κ1) is 24.6. The van der Waals surface area contributed by atoms with Crippen LogP contribution in [0.25, 0.3) is 0 Å². The van der Waals surface area contributed by atoms with Gasteiger partial charge >= 0.3 is 12.1 Å². The van der Waals surface area contributed by atoms with Gasteiger partial charge in [0, 0.05) is 25.0 Å². The lowest BCUT2D eigenvalue weighted by atomic mass is 9.77. The van der Waals surface area contributed by atoms with Crippen LogP contribution in [-0.2, 0) is 24.7 Å². The summed E-state index contributed by atoms with van der Waals surface area (Å²) in [5.41, 5.74) is -3.64. The molecule has 0 amide bonds. The first-order valence-electron chi connectivity index (χ1n) is 10.0. The lowest BCUT2D eigenvalue weighted by Gasteiger charge is -2.36. The van der Waals surface area contributed by atoms with E-state index in [1.165, 1.54) is 18.2 Å². The third-order valence-corrected chi connectivity index (χ3v) is 5.44. The van der Waals surface area contributed by atoms with E-state index in [4.69, 9.17) is 9.47 Å². The Bertz CT molecular complexity index is 842. The van der Waals surface area contributed by atoms with Gasteiger partial charge in [-0.25, -0.2) is 4.79 Å². The smallest absolute Gasteiger partial charge is 0.432 e. The minimum absolute atomic E-state index is 0.127. The number of hydrogen-bond acceptors (Lipinski definition) is 4. The maximum absolute atomic E-state index is 14.0. The molecule has 1 aromatic carbocycles. The highest BCUT2D eigenvalue weighted by molar-refractivity contribution is 5.85. The van der Waals surface area contributed by atoms with Crippen molar-refractivity contribution in [2.24, 2.45) is 11.8 Å². The highest BCUT2D eigenvalue weighted by Crippen LogP contribution is 2.44. The van der Waals surface area contributed by atoms with Crippen molar-refractivity contribution in [1.82, 2.24) is 0 Å². The number of hydrogen-bond donors (Lipinski definition) is 0. The van der Waals surface area contributed by atoms with Gasteiger partial charge in [0.2, 0.25) is 0 Å². The van der Waals surface area contributed by atoms with Crippen molar-refractivity contribution in [3.05, 3.63) is 72.4 Å². The summed E-state index contributed by atoms with van der Waals surface area (Å²) >= 11 is 0. The van der Waals surface area contributed by atoms with E-state index < -0.39 is 23.9 Å². The summed E-state index contributed by atoms with van der Waals surface area (Å²) in [6.45, 7) is 3.65. The molecule has 0 saturated heterocycles. The molecule has 1 saturated carbocycles. The highest BCUT2D eigenvalue weighted by Gasteiger charge is 2.64. The van der Waals surface area contributed by atoms with Crippen molar-refractivity contribution in [3.8, 4) is 0 Å². The second kappa shape index (κ2) is 10.6. The van der Waals surface area contributed by atoms with E-state index >= 15 is 0 Å². The second-order valence-corrected chi connectivity index (χ2v) is 7.43. The Morgan fingerprint density at radius 3 is 2.32 bits per heavy atom. The number of methoxy groups -OCH3 is 1. The van der Waals surface area contributed by atoms with Gasteiger partial charge in [0.25, 0.3) is 5.60 Å². The topological polar surface area (TPSA) is 52.6 Å². The lowest BCUT2D eigenvalue weighted by Crippen LogP contribution is -2.53. The van der Waals surface area contributed by atoms with Crippen molar-refractivity contribution < 1.29 is 32.2 Å². The fraction of sp³-hybridized carbons (Fsp3) is 0.417. The Morgan fingerprint density at radius 1 is 1.10 bits per heavy atom. The number of carbonyl (C=O) groups excluding carboxylic acids is 2. The molecule has 1 aliphatic carbocycles. The monoisotopic (exact) mass is 436 g/mol. The van der Waals surface area contributed by atoms with Crippen molar-refractivity contribution >= 4 is 11.8 Å². The average molecular weight is 436 g/mol. The largest absolute Gasteiger partial charge is 0.459 e. The van der Waals surface area contributed by atoms with Crippen LogP contribution in [0.15, 0.2) is 66.8 Å². The number of halogens is 3. The third kappa shape index (κ3) is 5.53. The van der Waals surface area contributed by atoms with Crippen molar-refractivity contribution in [3.63, 3.8) is 0 Å². The zero-order chi connectivity index (χ0) is 23.1. The molecular formula is C24H27F3O4. The molecule has 0 N–H and O–H groups in total. The van der Waals surface area contributed by atoms with Crippen LogP contribution >= 0.6 is 0 Å². The number of ketones is 1. The van der Waals surface area contributed by atoms with Crippen LogP contribution in [0.3, 0.4) is 0 Å². The summed E-state index contributed by atoms with van der Waals surface area (Å²) < 4.78 is 52.1. The van der Waals surface area contributed by atoms with Gasteiger partial charge in [0.15, 0.2) is 0 Å². The fourth-order valence-electron chi connectivity index (χ4n) is 3.64. The van der Waals surface area contributed by atoms with Crippen LogP contribution in [0.4, 0.5) is 13.2 Å². The summed E-state index contributed by atoms with van der Waals surface area (Å²) in [7, 11) is 0.818. The summed E-state index contributed by atoms with van der Waals surface area (Å²) in [4.78, 5) is 25.2. The number of carbonyl (C=O) groups is 2. The summed E-state index contributed by atoms with van der Waals surface area (Å²) in [6, 6.07) is 6.63. The van der Waals surface area contributed by atoms with Gasteiger partial charge in [0.1, 0.15) is 11.9 Å². The number of ether oxygens (including phenoxy) is 2. The second-order valence-electron chi connectivity index (χ2n) is 7.43. The van der Waals surface area contributed by atoms with Crippen LogP contribution in [0.5, 0.6) is 0 Å². The van der Waals surface area contributed by atoms with Crippen LogP contribution in [-0.4, -0.2) is 31.1 Å². The molecule has 7 heteroatoms. The summed E-state index contributed by atoms with van der Waals surface area (Å²) in [6.07, 6.45) is 5.01. The van der Waals surface area contributed by atoms with Gasteiger partial charge in [-0.05, 0) is 19.3 Å². The molecule has 4 atom stereocenters. The standard InChI is InChI=1S/C24H27F3O4/c1-4-5-6-7-9-12-18-15-20(16-21(28)17(18)2)31-22(29)23(30-3,24(25,26)27)19-13-10-8-11-14-19/h4-14,17-18,20H,15-16H2,1-3H3/b5-4+,7-6+,12-9+/t17-,18+,20-,23-/m1/s1. The van der Waals surface area contributed by atoms with Crippen molar-refractivity contribution in [1.29, 1.82) is 0 Å². The van der Waals surface area contributed by atoms with E-state index in [0.717, 1.165) is 19.2 Å². The van der Waals surface area contributed by atoms with Crippen molar-refractivity contribution in [2.45, 2.75) is 44.6 Å². The molecule has 2 rings (SSSR count). The molecule has 0 bridgehead atoms. The Labute approximate surface area is 180 Å². The average Bonchev–Trinajstić information content (AvgIpc) is 2.72. The number of benzene rings is 1. The third-order valence-electron chi connectivity index (χ3n) is 5.44. The summed E-state index contributed by atoms with van der Waals surface area (Å²) in [5.74, 6) is -2.30.